The van der Waals surface area contributed by atoms with Crippen molar-refractivity contribution in [2.75, 3.05) is 28.7 Å². The average Bonchev–Trinajstić information content (AvgIpc) is 3.15. The number of carbonyl (C=O) groups is 3. The summed E-state index contributed by atoms with van der Waals surface area (Å²) in [6, 6.07) is 10.7. The lowest BCUT2D eigenvalue weighted by atomic mass is 10.1. The summed E-state index contributed by atoms with van der Waals surface area (Å²) in [5, 5.41) is 5.60. The van der Waals surface area contributed by atoms with Crippen molar-refractivity contribution in [3.05, 3.63) is 53.1 Å². The molecular weight excluding hydrogens is 370 g/mol. The van der Waals surface area contributed by atoms with E-state index in [0.29, 0.717) is 16.9 Å². The molecule has 0 saturated carbocycles. The fourth-order valence-corrected chi connectivity index (χ4v) is 4.02. The van der Waals surface area contributed by atoms with Crippen molar-refractivity contribution in [3.63, 3.8) is 0 Å². The molecule has 1 atom stereocenters. The predicted octanol–water partition coefficient (Wildman–Crippen LogP) is 3.02. The van der Waals surface area contributed by atoms with E-state index in [-0.39, 0.29) is 18.6 Å². The van der Waals surface area contributed by atoms with E-state index < -0.39 is 11.9 Å². The first kappa shape index (κ1) is 19.0. The summed E-state index contributed by atoms with van der Waals surface area (Å²) in [5.41, 5.74) is 4.54. The number of nitrogens with zero attached hydrogens (tertiary/aromatic N) is 1. The number of benzene rings is 2. The highest BCUT2D eigenvalue weighted by Crippen LogP contribution is 2.37. The third-order valence-corrected chi connectivity index (χ3v) is 5.19. The fourth-order valence-electron chi connectivity index (χ4n) is 4.02. The summed E-state index contributed by atoms with van der Waals surface area (Å²) in [5.74, 6) is -1.07. The lowest BCUT2D eigenvalue weighted by molar-refractivity contribution is -0.119. The number of anilines is 3. The van der Waals surface area contributed by atoms with Crippen LogP contribution >= 0.6 is 0 Å². The second kappa shape index (κ2) is 7.58. The van der Waals surface area contributed by atoms with E-state index in [1.54, 1.807) is 12.1 Å². The van der Waals surface area contributed by atoms with Crippen LogP contribution in [0, 0.1) is 13.8 Å². The van der Waals surface area contributed by atoms with Crippen molar-refractivity contribution in [3.8, 4) is 0 Å². The van der Waals surface area contributed by atoms with Crippen molar-refractivity contribution in [2.24, 2.45) is 0 Å². The van der Waals surface area contributed by atoms with Gasteiger partial charge in [-0.25, -0.2) is 4.79 Å². The molecule has 0 radical (unpaired) electrons. The summed E-state index contributed by atoms with van der Waals surface area (Å²) >= 11 is 0. The Kier molecular flexibility index (Phi) is 4.96. The van der Waals surface area contributed by atoms with Gasteiger partial charge in [-0.3, -0.25) is 9.59 Å². The summed E-state index contributed by atoms with van der Waals surface area (Å²) in [6.45, 7) is 4.33. The minimum Gasteiger partial charge on any atom is -0.452 e. The van der Waals surface area contributed by atoms with Gasteiger partial charge in [-0.1, -0.05) is 6.07 Å². The fraction of sp³-hybridized carbons (Fsp3) is 0.318. The smallest absolute Gasteiger partial charge is 0.338 e. The van der Waals surface area contributed by atoms with E-state index in [0.717, 1.165) is 36.2 Å². The average molecular weight is 393 g/mol. The van der Waals surface area contributed by atoms with Gasteiger partial charge in [-0.2, -0.15) is 0 Å². The minimum atomic E-state index is -0.610. The van der Waals surface area contributed by atoms with Gasteiger partial charge in [0.05, 0.1) is 16.9 Å². The van der Waals surface area contributed by atoms with Crippen LogP contribution in [-0.4, -0.2) is 37.0 Å². The van der Waals surface area contributed by atoms with Gasteiger partial charge in [0.15, 0.2) is 6.61 Å². The second-order valence-electron chi connectivity index (χ2n) is 7.57. The number of aryl methyl sites for hydroxylation is 2. The number of rotatable bonds is 4. The standard InChI is InChI=1S/C22H23N3O4/c1-13-8-14(2)10-16(9-13)23-20(26)12-29-22(28)15-5-6-18-17(11-15)24-21(27)19-4-3-7-25(18)19/h5-6,8-11,19H,3-4,7,12H2,1-2H3,(H,23,26)(H,24,27)/t19-/m1/s1. The number of hydrogen-bond acceptors (Lipinski definition) is 5. The molecule has 0 bridgehead atoms. The Balaban J connectivity index is 1.39. The number of hydrogen-bond donors (Lipinski definition) is 2. The SMILES string of the molecule is Cc1cc(C)cc(NC(=O)COC(=O)c2ccc3c(c2)NC(=O)[C@H]2CCCN32)c1. The van der Waals surface area contributed by atoms with E-state index >= 15 is 0 Å². The zero-order valence-electron chi connectivity index (χ0n) is 16.5. The Bertz CT molecular complexity index is 981. The van der Waals surface area contributed by atoms with Crippen LogP contribution in [-0.2, 0) is 14.3 Å². The topological polar surface area (TPSA) is 87.7 Å². The maximum Gasteiger partial charge on any atom is 0.338 e. The van der Waals surface area contributed by atoms with Gasteiger partial charge in [-0.15, -0.1) is 0 Å². The second-order valence-corrected chi connectivity index (χ2v) is 7.57. The van der Waals surface area contributed by atoms with Gasteiger partial charge >= 0.3 is 5.97 Å². The van der Waals surface area contributed by atoms with E-state index in [1.807, 2.05) is 38.1 Å². The largest absolute Gasteiger partial charge is 0.452 e. The highest BCUT2D eigenvalue weighted by molar-refractivity contribution is 6.05. The molecule has 0 aromatic heterocycles. The molecule has 2 aromatic rings. The summed E-state index contributed by atoms with van der Waals surface area (Å²) in [7, 11) is 0. The third-order valence-electron chi connectivity index (χ3n) is 5.19. The molecule has 0 aliphatic carbocycles. The summed E-state index contributed by atoms with van der Waals surface area (Å²) in [4.78, 5) is 38.8. The molecule has 4 rings (SSSR count). The van der Waals surface area contributed by atoms with Gasteiger partial charge in [-0.05, 0) is 68.1 Å². The number of fused-ring (bicyclic) bond motifs is 3. The lowest BCUT2D eigenvalue weighted by Crippen LogP contribution is -2.43. The Morgan fingerprint density at radius 2 is 1.93 bits per heavy atom. The highest BCUT2D eigenvalue weighted by Gasteiger charge is 2.36. The molecule has 150 valence electrons. The Labute approximate surface area is 169 Å². The van der Waals surface area contributed by atoms with Crippen LogP contribution in [0.5, 0.6) is 0 Å². The first-order chi connectivity index (χ1) is 13.9. The molecule has 2 aromatic carbocycles. The van der Waals surface area contributed by atoms with Crippen LogP contribution in [0.3, 0.4) is 0 Å². The van der Waals surface area contributed by atoms with Crippen LogP contribution in [0.25, 0.3) is 0 Å². The first-order valence-electron chi connectivity index (χ1n) is 9.67. The molecule has 2 amide bonds. The van der Waals surface area contributed by atoms with E-state index in [9.17, 15) is 14.4 Å². The van der Waals surface area contributed by atoms with E-state index in [1.165, 1.54) is 0 Å². The van der Waals surface area contributed by atoms with Gasteiger partial charge in [0.25, 0.3) is 5.91 Å². The normalized spacial score (nSPS) is 17.2. The Morgan fingerprint density at radius 1 is 1.17 bits per heavy atom. The molecular formula is C22H23N3O4. The third kappa shape index (κ3) is 3.94. The predicted molar refractivity (Wildman–Crippen MR) is 110 cm³/mol. The molecule has 29 heavy (non-hydrogen) atoms. The summed E-state index contributed by atoms with van der Waals surface area (Å²) < 4.78 is 5.15. The molecule has 7 nitrogen and oxygen atoms in total. The van der Waals surface area contributed by atoms with Crippen LogP contribution in [0.15, 0.2) is 36.4 Å². The van der Waals surface area contributed by atoms with Crippen molar-refractivity contribution >= 4 is 34.8 Å². The number of esters is 1. The monoisotopic (exact) mass is 393 g/mol. The van der Waals surface area contributed by atoms with Crippen molar-refractivity contribution in [2.45, 2.75) is 32.7 Å². The minimum absolute atomic E-state index is 0.0478. The van der Waals surface area contributed by atoms with E-state index in [4.69, 9.17) is 4.74 Å². The van der Waals surface area contributed by atoms with Crippen molar-refractivity contribution < 1.29 is 19.1 Å². The highest BCUT2D eigenvalue weighted by atomic mass is 16.5. The van der Waals surface area contributed by atoms with Crippen LogP contribution < -0.4 is 15.5 Å². The summed E-state index contributed by atoms with van der Waals surface area (Å²) in [6.07, 6.45) is 1.81. The number of amides is 2. The Morgan fingerprint density at radius 3 is 2.69 bits per heavy atom. The lowest BCUT2D eigenvalue weighted by Gasteiger charge is -2.33. The van der Waals surface area contributed by atoms with Crippen molar-refractivity contribution in [1.82, 2.24) is 0 Å². The van der Waals surface area contributed by atoms with Crippen LogP contribution in [0.1, 0.15) is 34.3 Å². The molecule has 0 unspecified atom stereocenters. The van der Waals surface area contributed by atoms with Crippen LogP contribution in [0.2, 0.25) is 0 Å². The number of nitrogens with one attached hydrogen (secondary N) is 2. The molecule has 7 heteroatoms. The molecule has 1 fully saturated rings. The van der Waals surface area contributed by atoms with Gasteiger partial charge < -0.3 is 20.3 Å². The first-order valence-corrected chi connectivity index (χ1v) is 9.67. The quantitative estimate of drug-likeness (QED) is 0.780. The zero-order chi connectivity index (χ0) is 20.5. The zero-order valence-corrected chi connectivity index (χ0v) is 16.5. The maximum absolute atomic E-state index is 12.4. The number of ether oxygens (including phenoxy) is 1. The molecule has 2 N–H and O–H groups in total. The molecule has 1 saturated heterocycles. The Hall–Kier alpha value is -3.35. The van der Waals surface area contributed by atoms with E-state index in [2.05, 4.69) is 15.5 Å². The van der Waals surface area contributed by atoms with Gasteiger partial charge in [0.1, 0.15) is 6.04 Å². The van der Waals surface area contributed by atoms with Crippen LogP contribution in [0.4, 0.5) is 17.1 Å². The number of carbonyl (C=O) groups excluding carboxylic acids is 3. The maximum atomic E-state index is 12.4. The molecule has 0 spiro atoms. The molecule has 2 heterocycles. The van der Waals surface area contributed by atoms with Gasteiger partial charge in [0, 0.05) is 12.2 Å². The molecule has 2 aliphatic rings. The molecule has 2 aliphatic heterocycles. The van der Waals surface area contributed by atoms with Gasteiger partial charge in [0.2, 0.25) is 5.91 Å². The van der Waals surface area contributed by atoms with Crippen molar-refractivity contribution in [1.29, 1.82) is 0 Å².